The number of aromatic amines is 1. The molecule has 0 bridgehead atoms. The van der Waals surface area contributed by atoms with Crippen LogP contribution in [0.3, 0.4) is 0 Å². The lowest BCUT2D eigenvalue weighted by molar-refractivity contribution is -0.137. The van der Waals surface area contributed by atoms with Crippen LogP contribution in [0.5, 0.6) is 0 Å². The maximum atomic E-state index is 13.2. The molecule has 30 heavy (non-hydrogen) atoms. The first-order valence-corrected chi connectivity index (χ1v) is 10.4. The Hall–Kier alpha value is -2.58. The Bertz CT molecular complexity index is 865. The van der Waals surface area contributed by atoms with E-state index in [2.05, 4.69) is 30.4 Å². The van der Waals surface area contributed by atoms with Gasteiger partial charge in [0.25, 0.3) is 0 Å². The van der Waals surface area contributed by atoms with E-state index in [0.29, 0.717) is 12.5 Å². The van der Waals surface area contributed by atoms with Gasteiger partial charge < -0.3 is 10.2 Å². The molecule has 0 spiro atoms. The van der Waals surface area contributed by atoms with E-state index in [1.54, 1.807) is 7.05 Å². The molecule has 2 aromatic rings. The normalized spacial score (nSPS) is 20.1. The third-order valence-electron chi connectivity index (χ3n) is 6.52. The standard InChI is InChI=1S/C21H27F3N6/c1-25-19(30-10-6-15(7-11-30)18-27-14-28-29-18)26-13-20(8-3-9-20)16-4-2-5-17(12-16)21(22,23)24/h2,4-5,12,14-15H,3,6-11,13H2,1H3,(H,25,26)(H,27,28,29). The summed E-state index contributed by atoms with van der Waals surface area (Å²) in [6.07, 6.45) is 1.91. The van der Waals surface area contributed by atoms with E-state index in [4.69, 9.17) is 0 Å². The summed E-state index contributed by atoms with van der Waals surface area (Å²) in [4.78, 5) is 10.9. The van der Waals surface area contributed by atoms with Crippen LogP contribution in [0.15, 0.2) is 35.6 Å². The highest BCUT2D eigenvalue weighted by molar-refractivity contribution is 5.80. The molecule has 1 saturated heterocycles. The predicted molar refractivity (Wildman–Crippen MR) is 108 cm³/mol. The van der Waals surface area contributed by atoms with Gasteiger partial charge >= 0.3 is 6.18 Å². The monoisotopic (exact) mass is 420 g/mol. The highest BCUT2D eigenvalue weighted by Gasteiger charge is 2.41. The lowest BCUT2D eigenvalue weighted by Crippen LogP contribution is -2.51. The van der Waals surface area contributed by atoms with Crippen LogP contribution in [-0.4, -0.2) is 52.7 Å². The minimum absolute atomic E-state index is 0.268. The summed E-state index contributed by atoms with van der Waals surface area (Å²) in [6, 6.07) is 5.79. The van der Waals surface area contributed by atoms with Gasteiger partial charge in [-0.25, -0.2) is 4.98 Å². The first-order chi connectivity index (χ1) is 14.4. The van der Waals surface area contributed by atoms with Gasteiger partial charge in [-0.05, 0) is 37.3 Å². The van der Waals surface area contributed by atoms with Gasteiger partial charge in [0.05, 0.1) is 5.56 Å². The van der Waals surface area contributed by atoms with E-state index >= 15 is 0 Å². The van der Waals surface area contributed by atoms with Crippen molar-refractivity contribution in [2.24, 2.45) is 4.99 Å². The third-order valence-corrected chi connectivity index (χ3v) is 6.52. The Morgan fingerprint density at radius 1 is 1.30 bits per heavy atom. The number of aliphatic imine (C=N–C) groups is 1. The summed E-state index contributed by atoms with van der Waals surface area (Å²) < 4.78 is 39.5. The van der Waals surface area contributed by atoms with E-state index in [9.17, 15) is 13.2 Å². The van der Waals surface area contributed by atoms with Gasteiger partial charge in [-0.2, -0.15) is 18.3 Å². The average molecular weight is 420 g/mol. The molecule has 0 atom stereocenters. The molecular formula is C21H27F3N6. The first kappa shape index (κ1) is 20.7. The van der Waals surface area contributed by atoms with Crippen LogP contribution >= 0.6 is 0 Å². The molecule has 162 valence electrons. The number of guanidine groups is 1. The molecule has 1 aliphatic heterocycles. The Kier molecular flexibility index (Phi) is 5.71. The van der Waals surface area contributed by atoms with Crippen LogP contribution in [-0.2, 0) is 11.6 Å². The molecule has 2 heterocycles. The van der Waals surface area contributed by atoms with Crippen molar-refractivity contribution in [3.63, 3.8) is 0 Å². The third kappa shape index (κ3) is 4.15. The summed E-state index contributed by atoms with van der Waals surface area (Å²) in [5.41, 5.74) is -0.0873. The summed E-state index contributed by atoms with van der Waals surface area (Å²) in [5, 5.41) is 10.3. The highest BCUT2D eigenvalue weighted by atomic mass is 19.4. The second-order valence-corrected chi connectivity index (χ2v) is 8.25. The molecule has 1 aromatic carbocycles. The maximum Gasteiger partial charge on any atom is 0.416 e. The van der Waals surface area contributed by atoms with Crippen LogP contribution in [0, 0.1) is 0 Å². The number of nitrogens with zero attached hydrogens (tertiary/aromatic N) is 4. The molecule has 6 nitrogen and oxygen atoms in total. The number of hydrogen-bond acceptors (Lipinski definition) is 3. The zero-order chi connectivity index (χ0) is 21.2. The van der Waals surface area contributed by atoms with Crippen molar-refractivity contribution in [3.05, 3.63) is 47.5 Å². The van der Waals surface area contributed by atoms with Gasteiger partial charge in [-0.1, -0.05) is 24.6 Å². The molecule has 2 aliphatic rings. The van der Waals surface area contributed by atoms with Crippen LogP contribution in [0.2, 0.25) is 0 Å². The van der Waals surface area contributed by atoms with Crippen molar-refractivity contribution >= 4 is 5.96 Å². The predicted octanol–water partition coefficient (Wildman–Crippen LogP) is 3.70. The minimum atomic E-state index is -4.32. The number of likely N-dealkylation sites (tertiary alicyclic amines) is 1. The van der Waals surface area contributed by atoms with Gasteiger partial charge in [-0.3, -0.25) is 10.1 Å². The first-order valence-electron chi connectivity index (χ1n) is 10.4. The SMILES string of the molecule is CN=C(NCC1(c2cccc(C(F)(F)F)c2)CCC1)N1CCC(c2ncn[nH]2)CC1. The summed E-state index contributed by atoms with van der Waals surface area (Å²) >= 11 is 0. The zero-order valence-electron chi connectivity index (χ0n) is 17.0. The Morgan fingerprint density at radius 3 is 2.63 bits per heavy atom. The molecule has 0 radical (unpaired) electrons. The van der Waals surface area contributed by atoms with Crippen molar-refractivity contribution in [2.45, 2.75) is 49.6 Å². The van der Waals surface area contributed by atoms with Gasteiger partial charge in [0.2, 0.25) is 0 Å². The van der Waals surface area contributed by atoms with Crippen molar-refractivity contribution < 1.29 is 13.2 Å². The molecule has 0 unspecified atom stereocenters. The number of alkyl halides is 3. The topological polar surface area (TPSA) is 69.2 Å². The van der Waals surface area contributed by atoms with E-state index in [1.807, 2.05) is 6.07 Å². The Balaban J connectivity index is 1.40. The molecule has 4 rings (SSSR count). The van der Waals surface area contributed by atoms with Crippen molar-refractivity contribution in [3.8, 4) is 0 Å². The van der Waals surface area contributed by atoms with E-state index < -0.39 is 11.7 Å². The lowest BCUT2D eigenvalue weighted by atomic mass is 9.64. The zero-order valence-corrected chi connectivity index (χ0v) is 17.0. The van der Waals surface area contributed by atoms with Crippen LogP contribution in [0.25, 0.3) is 0 Å². The van der Waals surface area contributed by atoms with Crippen molar-refractivity contribution in [1.82, 2.24) is 25.4 Å². The molecule has 2 N–H and O–H groups in total. The fourth-order valence-electron chi connectivity index (χ4n) is 4.55. The smallest absolute Gasteiger partial charge is 0.355 e. The number of aromatic nitrogens is 3. The number of hydrogen-bond donors (Lipinski definition) is 2. The minimum Gasteiger partial charge on any atom is -0.355 e. The molecule has 1 saturated carbocycles. The number of benzene rings is 1. The quantitative estimate of drug-likeness (QED) is 0.585. The van der Waals surface area contributed by atoms with E-state index in [0.717, 1.165) is 68.6 Å². The summed E-state index contributed by atoms with van der Waals surface area (Å²) in [7, 11) is 1.75. The molecular weight excluding hydrogens is 393 g/mol. The summed E-state index contributed by atoms with van der Waals surface area (Å²) in [5.74, 6) is 2.10. The number of rotatable bonds is 4. The fraction of sp³-hybridized carbons (Fsp3) is 0.571. The van der Waals surface area contributed by atoms with Gasteiger partial charge in [0, 0.05) is 38.0 Å². The van der Waals surface area contributed by atoms with Crippen molar-refractivity contribution in [2.75, 3.05) is 26.7 Å². The van der Waals surface area contributed by atoms with Crippen LogP contribution in [0.4, 0.5) is 13.2 Å². The maximum absolute atomic E-state index is 13.2. The number of halogens is 3. The fourth-order valence-corrected chi connectivity index (χ4v) is 4.55. The molecule has 9 heteroatoms. The number of piperidine rings is 1. The summed E-state index contributed by atoms with van der Waals surface area (Å²) in [6.45, 7) is 2.28. The van der Waals surface area contributed by atoms with Crippen LogP contribution < -0.4 is 5.32 Å². The van der Waals surface area contributed by atoms with Gasteiger partial charge in [0.1, 0.15) is 12.2 Å². The Labute approximate surface area is 174 Å². The molecule has 2 fully saturated rings. The van der Waals surface area contributed by atoms with E-state index in [-0.39, 0.29) is 5.41 Å². The second kappa shape index (κ2) is 8.28. The van der Waals surface area contributed by atoms with Gasteiger partial charge in [0.15, 0.2) is 5.96 Å². The van der Waals surface area contributed by atoms with E-state index in [1.165, 1.54) is 18.5 Å². The average Bonchev–Trinajstić information content (AvgIpc) is 3.25. The second-order valence-electron chi connectivity index (χ2n) is 8.25. The van der Waals surface area contributed by atoms with Gasteiger partial charge in [-0.15, -0.1) is 0 Å². The number of H-pyrrole nitrogens is 1. The molecule has 1 aromatic heterocycles. The Morgan fingerprint density at radius 2 is 2.07 bits per heavy atom. The molecule has 0 amide bonds. The van der Waals surface area contributed by atoms with Crippen LogP contribution in [0.1, 0.15) is 55.0 Å². The lowest BCUT2D eigenvalue weighted by Gasteiger charge is -2.44. The highest BCUT2D eigenvalue weighted by Crippen LogP contribution is 2.44. The largest absolute Gasteiger partial charge is 0.416 e. The number of nitrogens with one attached hydrogen (secondary N) is 2. The van der Waals surface area contributed by atoms with Crippen molar-refractivity contribution in [1.29, 1.82) is 0 Å². The molecule has 1 aliphatic carbocycles.